The van der Waals surface area contributed by atoms with Crippen molar-refractivity contribution in [3.05, 3.63) is 71.8 Å². The first-order valence-electron chi connectivity index (χ1n) is 11.1. The maximum absolute atomic E-state index is 13.2. The number of benzene rings is 2. The molecule has 1 saturated heterocycles. The molecule has 31 heavy (non-hydrogen) atoms. The molecule has 5 nitrogen and oxygen atoms in total. The first-order valence-corrected chi connectivity index (χ1v) is 11.1. The molecule has 5 heteroatoms. The van der Waals surface area contributed by atoms with Gasteiger partial charge in [0.25, 0.3) is 0 Å². The molecule has 1 unspecified atom stereocenters. The smallest absolute Gasteiger partial charge is 0.346 e. The number of hydrogen-bond acceptors (Lipinski definition) is 5. The van der Waals surface area contributed by atoms with E-state index in [2.05, 4.69) is 11.8 Å². The molecule has 0 N–H and O–H groups in total. The molecular formula is C26H33NO4. The maximum Gasteiger partial charge on any atom is 0.346 e. The van der Waals surface area contributed by atoms with Crippen LogP contribution in [-0.4, -0.2) is 48.5 Å². The molecule has 2 aromatic rings. The number of Topliss-reactive ketones (excluding diaryl/α,β-unsaturated/α-hetero) is 1. The van der Waals surface area contributed by atoms with E-state index in [1.54, 1.807) is 0 Å². The zero-order chi connectivity index (χ0) is 22.1. The number of carbonyl (C=O) groups excluding carboxylic acids is 2. The molecule has 3 rings (SSSR count). The second-order valence-corrected chi connectivity index (χ2v) is 8.48. The van der Waals surface area contributed by atoms with Crippen molar-refractivity contribution in [2.45, 2.75) is 45.3 Å². The summed E-state index contributed by atoms with van der Waals surface area (Å²) in [6.45, 7) is 6.80. The molecule has 166 valence electrons. The minimum atomic E-state index is -1.66. The van der Waals surface area contributed by atoms with E-state index in [4.69, 9.17) is 9.47 Å². The Balaban J connectivity index is 1.71. The van der Waals surface area contributed by atoms with Crippen molar-refractivity contribution in [3.63, 3.8) is 0 Å². The summed E-state index contributed by atoms with van der Waals surface area (Å²) >= 11 is 0. The van der Waals surface area contributed by atoms with Crippen LogP contribution in [0.2, 0.25) is 0 Å². The van der Waals surface area contributed by atoms with Gasteiger partial charge in [0.1, 0.15) is 6.61 Å². The van der Waals surface area contributed by atoms with Gasteiger partial charge in [-0.15, -0.1) is 0 Å². The van der Waals surface area contributed by atoms with Crippen LogP contribution in [0, 0.1) is 5.92 Å². The summed E-state index contributed by atoms with van der Waals surface area (Å²) in [5.74, 6) is -0.198. The van der Waals surface area contributed by atoms with Gasteiger partial charge in [-0.25, -0.2) is 4.79 Å². The molecule has 1 aliphatic heterocycles. The second kappa shape index (κ2) is 11.2. The molecule has 0 spiro atoms. The third kappa shape index (κ3) is 6.49. The zero-order valence-electron chi connectivity index (χ0n) is 18.6. The summed E-state index contributed by atoms with van der Waals surface area (Å²) in [5.41, 5.74) is 0.0947. The minimum absolute atomic E-state index is 0.149. The summed E-state index contributed by atoms with van der Waals surface area (Å²) in [6, 6.07) is 19.0. The monoisotopic (exact) mass is 423 g/mol. The van der Waals surface area contributed by atoms with Crippen LogP contribution in [-0.2, 0) is 32.1 Å². The highest BCUT2D eigenvalue weighted by molar-refractivity contribution is 6.06. The van der Waals surface area contributed by atoms with Crippen LogP contribution in [0.3, 0.4) is 0 Å². The Kier molecular flexibility index (Phi) is 8.38. The molecule has 1 atom stereocenters. The number of piperidine rings is 1. The number of hydrogen-bond donors (Lipinski definition) is 0. The van der Waals surface area contributed by atoms with Gasteiger partial charge >= 0.3 is 5.97 Å². The first-order chi connectivity index (χ1) is 15.0. The highest BCUT2D eigenvalue weighted by Crippen LogP contribution is 2.24. The largest absolute Gasteiger partial charge is 0.462 e. The van der Waals surface area contributed by atoms with Crippen LogP contribution >= 0.6 is 0 Å². The Morgan fingerprint density at radius 3 is 2.13 bits per heavy atom. The normalized spacial score (nSPS) is 17.1. The number of rotatable bonds is 10. The van der Waals surface area contributed by atoms with Crippen LogP contribution in [0.1, 0.15) is 37.8 Å². The van der Waals surface area contributed by atoms with Gasteiger partial charge in [-0.1, -0.05) is 67.6 Å². The average Bonchev–Trinajstić information content (AvgIpc) is 2.79. The van der Waals surface area contributed by atoms with Gasteiger partial charge in [-0.3, -0.25) is 9.69 Å². The van der Waals surface area contributed by atoms with Crippen LogP contribution < -0.4 is 0 Å². The minimum Gasteiger partial charge on any atom is -0.462 e. The van der Waals surface area contributed by atoms with E-state index in [1.807, 2.05) is 60.7 Å². The van der Waals surface area contributed by atoms with Crippen molar-refractivity contribution in [3.8, 4) is 0 Å². The predicted molar refractivity (Wildman–Crippen MR) is 121 cm³/mol. The van der Waals surface area contributed by atoms with E-state index in [9.17, 15) is 9.59 Å². The van der Waals surface area contributed by atoms with Crippen LogP contribution in [0.5, 0.6) is 0 Å². The lowest BCUT2D eigenvalue weighted by molar-refractivity contribution is -0.179. The van der Waals surface area contributed by atoms with Crippen molar-refractivity contribution in [2.24, 2.45) is 5.92 Å². The number of ketones is 1. The van der Waals surface area contributed by atoms with Crippen LogP contribution in [0.25, 0.3) is 0 Å². The highest BCUT2D eigenvalue weighted by Gasteiger charge is 2.46. The van der Waals surface area contributed by atoms with Gasteiger partial charge in [0.15, 0.2) is 5.78 Å². The molecule has 0 aromatic heterocycles. The lowest BCUT2D eigenvalue weighted by atomic mass is 9.90. The van der Waals surface area contributed by atoms with Gasteiger partial charge in [0.2, 0.25) is 5.60 Å². The van der Waals surface area contributed by atoms with Gasteiger partial charge in [0, 0.05) is 13.0 Å². The molecule has 0 bridgehead atoms. The molecule has 0 aliphatic carbocycles. The Labute approximate surface area is 185 Å². The molecule has 1 fully saturated rings. The number of nitrogens with zero attached hydrogens (tertiary/aromatic N) is 1. The van der Waals surface area contributed by atoms with Crippen LogP contribution in [0.4, 0.5) is 0 Å². The second-order valence-electron chi connectivity index (χ2n) is 8.48. The van der Waals surface area contributed by atoms with E-state index in [-0.39, 0.29) is 25.4 Å². The summed E-state index contributed by atoms with van der Waals surface area (Å²) < 4.78 is 11.7. The van der Waals surface area contributed by atoms with Gasteiger partial charge in [-0.05, 0) is 49.9 Å². The lowest BCUT2D eigenvalue weighted by Crippen LogP contribution is -2.51. The zero-order valence-corrected chi connectivity index (χ0v) is 18.6. The SMILES string of the molecule is CC(=O)C(Cc1ccccc1)(OCc1ccccc1)C(=O)OCCN1CCC(C)CC1. The summed E-state index contributed by atoms with van der Waals surface area (Å²) in [6.07, 6.45) is 2.48. The van der Waals surface area contributed by atoms with E-state index < -0.39 is 11.6 Å². The number of likely N-dealkylation sites (tertiary alicyclic amines) is 1. The number of ether oxygens (including phenoxy) is 2. The quantitative estimate of drug-likeness (QED) is 0.426. The van der Waals surface area contributed by atoms with E-state index in [0.29, 0.717) is 6.54 Å². The average molecular weight is 424 g/mol. The third-order valence-corrected chi connectivity index (χ3v) is 6.04. The topological polar surface area (TPSA) is 55.8 Å². The molecule has 2 aromatic carbocycles. The third-order valence-electron chi connectivity index (χ3n) is 6.04. The van der Waals surface area contributed by atoms with Gasteiger partial charge in [0.05, 0.1) is 6.61 Å². The maximum atomic E-state index is 13.2. The molecular weight excluding hydrogens is 390 g/mol. The lowest BCUT2D eigenvalue weighted by Gasteiger charge is -2.32. The van der Waals surface area contributed by atoms with Crippen molar-refractivity contribution < 1.29 is 19.1 Å². The van der Waals surface area contributed by atoms with E-state index in [0.717, 1.165) is 30.1 Å². The van der Waals surface area contributed by atoms with Crippen LogP contribution in [0.15, 0.2) is 60.7 Å². The Morgan fingerprint density at radius 1 is 0.968 bits per heavy atom. The Hall–Kier alpha value is -2.50. The molecule has 0 radical (unpaired) electrons. The number of carbonyl (C=O) groups is 2. The standard InChI is InChI=1S/C26H33NO4/c1-21-13-15-27(16-14-21)17-18-30-25(29)26(22(2)28,19-23-9-5-3-6-10-23)31-20-24-11-7-4-8-12-24/h3-12,21H,13-20H2,1-2H3. The fourth-order valence-corrected chi connectivity index (χ4v) is 3.89. The summed E-state index contributed by atoms with van der Waals surface area (Å²) in [4.78, 5) is 28.3. The van der Waals surface area contributed by atoms with E-state index in [1.165, 1.54) is 19.8 Å². The predicted octanol–water partition coefficient (Wildman–Crippen LogP) is 4.05. The molecule has 1 heterocycles. The fourth-order valence-electron chi connectivity index (χ4n) is 3.89. The summed E-state index contributed by atoms with van der Waals surface area (Å²) in [7, 11) is 0. The molecule has 0 amide bonds. The van der Waals surface area contributed by atoms with Gasteiger partial charge in [-0.2, -0.15) is 0 Å². The van der Waals surface area contributed by atoms with Crippen molar-refractivity contribution >= 4 is 11.8 Å². The molecule has 1 aliphatic rings. The van der Waals surface area contributed by atoms with E-state index >= 15 is 0 Å². The number of esters is 1. The van der Waals surface area contributed by atoms with Crippen molar-refractivity contribution in [1.82, 2.24) is 4.90 Å². The first kappa shape index (κ1) is 23.2. The van der Waals surface area contributed by atoms with Crippen molar-refractivity contribution in [1.29, 1.82) is 0 Å². The fraction of sp³-hybridized carbons (Fsp3) is 0.462. The highest BCUT2D eigenvalue weighted by atomic mass is 16.6. The Bertz CT molecular complexity index is 831. The van der Waals surface area contributed by atoms with Crippen molar-refractivity contribution in [2.75, 3.05) is 26.2 Å². The summed E-state index contributed by atoms with van der Waals surface area (Å²) in [5, 5.41) is 0. The Morgan fingerprint density at radius 2 is 1.55 bits per heavy atom. The molecule has 0 saturated carbocycles. The van der Waals surface area contributed by atoms with Gasteiger partial charge < -0.3 is 9.47 Å².